The van der Waals surface area contributed by atoms with Gasteiger partial charge in [-0.1, -0.05) is 41.9 Å². The molecule has 4 N–H and O–H groups in total. The van der Waals surface area contributed by atoms with Gasteiger partial charge in [-0.2, -0.15) is 15.1 Å². The SMILES string of the molecule is Cc1ccc(CNc2nc(NCC(N)c3ccccc3F)nc3c2cnn3C)cc1Cl. The molecule has 0 saturated carbocycles. The number of nitrogens with zero attached hydrogens (tertiary/aromatic N) is 4. The van der Waals surface area contributed by atoms with Crippen molar-refractivity contribution in [2.24, 2.45) is 12.8 Å². The maximum Gasteiger partial charge on any atom is 0.226 e. The fraction of sp³-hybridized carbons (Fsp3) is 0.227. The van der Waals surface area contributed by atoms with Gasteiger partial charge in [-0.05, 0) is 30.2 Å². The highest BCUT2D eigenvalue weighted by Crippen LogP contribution is 2.24. The Kier molecular flexibility index (Phi) is 6.01. The molecule has 0 aliphatic rings. The number of anilines is 2. The Morgan fingerprint density at radius 2 is 1.97 bits per heavy atom. The quantitative estimate of drug-likeness (QED) is 0.400. The highest BCUT2D eigenvalue weighted by Gasteiger charge is 2.14. The van der Waals surface area contributed by atoms with E-state index < -0.39 is 6.04 Å². The number of aryl methyl sites for hydroxylation is 2. The third-order valence-electron chi connectivity index (χ3n) is 5.07. The zero-order chi connectivity index (χ0) is 22.0. The summed E-state index contributed by atoms with van der Waals surface area (Å²) in [7, 11) is 1.81. The second-order valence-corrected chi connectivity index (χ2v) is 7.75. The highest BCUT2D eigenvalue weighted by molar-refractivity contribution is 6.31. The third-order valence-corrected chi connectivity index (χ3v) is 5.48. The summed E-state index contributed by atoms with van der Waals surface area (Å²) in [6.07, 6.45) is 1.72. The van der Waals surface area contributed by atoms with Crippen LogP contribution in [0, 0.1) is 12.7 Å². The van der Waals surface area contributed by atoms with Crippen LogP contribution < -0.4 is 16.4 Å². The van der Waals surface area contributed by atoms with Crippen LogP contribution in [0.1, 0.15) is 22.7 Å². The maximum absolute atomic E-state index is 14.0. The first-order chi connectivity index (χ1) is 14.9. The summed E-state index contributed by atoms with van der Waals surface area (Å²) in [5.41, 5.74) is 9.32. The Morgan fingerprint density at radius 1 is 1.16 bits per heavy atom. The van der Waals surface area contributed by atoms with E-state index in [1.165, 1.54) is 6.07 Å². The van der Waals surface area contributed by atoms with Gasteiger partial charge in [0.25, 0.3) is 0 Å². The standard InChI is InChI=1S/C22H23ClFN7/c1-13-7-8-14(9-17(13)23)10-26-20-16-11-28-31(2)21(16)30-22(29-20)27-12-19(25)15-5-3-4-6-18(15)24/h3-9,11,19H,10,12,25H2,1-2H3,(H2,26,27,29,30). The van der Waals surface area contributed by atoms with Crippen LogP contribution in [0.15, 0.2) is 48.7 Å². The van der Waals surface area contributed by atoms with Crippen molar-refractivity contribution in [3.05, 3.63) is 76.2 Å². The highest BCUT2D eigenvalue weighted by atomic mass is 35.5. The van der Waals surface area contributed by atoms with Crippen LogP contribution >= 0.6 is 11.6 Å². The van der Waals surface area contributed by atoms with Gasteiger partial charge in [-0.25, -0.2) is 4.39 Å². The topological polar surface area (TPSA) is 93.7 Å². The number of halogens is 2. The summed E-state index contributed by atoms with van der Waals surface area (Å²) in [5, 5.41) is 12.3. The molecule has 0 amide bonds. The summed E-state index contributed by atoms with van der Waals surface area (Å²) in [5.74, 6) is 0.683. The summed E-state index contributed by atoms with van der Waals surface area (Å²) < 4.78 is 15.7. The number of aromatic nitrogens is 4. The average Bonchev–Trinajstić information content (AvgIpc) is 3.14. The first-order valence-electron chi connectivity index (χ1n) is 9.85. The molecule has 0 radical (unpaired) electrons. The van der Waals surface area contributed by atoms with Crippen molar-refractivity contribution in [2.45, 2.75) is 19.5 Å². The van der Waals surface area contributed by atoms with Crippen LogP contribution in [0.2, 0.25) is 5.02 Å². The minimum Gasteiger partial charge on any atom is -0.365 e. The Bertz CT molecular complexity index is 1220. The molecule has 0 spiro atoms. The molecule has 4 aromatic rings. The van der Waals surface area contributed by atoms with Gasteiger partial charge in [0, 0.05) is 30.7 Å². The van der Waals surface area contributed by atoms with Crippen LogP contribution in [-0.4, -0.2) is 26.3 Å². The Labute approximate surface area is 184 Å². The first-order valence-corrected chi connectivity index (χ1v) is 10.2. The lowest BCUT2D eigenvalue weighted by molar-refractivity contribution is 0.588. The normalized spacial score (nSPS) is 12.2. The monoisotopic (exact) mass is 439 g/mol. The van der Waals surface area contributed by atoms with E-state index in [0.29, 0.717) is 29.5 Å². The molecule has 2 aromatic carbocycles. The third kappa shape index (κ3) is 4.60. The predicted molar refractivity (Wildman–Crippen MR) is 122 cm³/mol. The van der Waals surface area contributed by atoms with E-state index in [1.54, 1.807) is 29.1 Å². The molecule has 4 rings (SSSR count). The number of benzene rings is 2. The summed E-state index contributed by atoms with van der Waals surface area (Å²) in [6, 6.07) is 11.8. The van der Waals surface area contributed by atoms with Gasteiger partial charge in [0.1, 0.15) is 11.6 Å². The Morgan fingerprint density at radius 3 is 2.74 bits per heavy atom. The zero-order valence-electron chi connectivity index (χ0n) is 17.2. The largest absolute Gasteiger partial charge is 0.365 e. The fourth-order valence-corrected chi connectivity index (χ4v) is 3.46. The molecule has 7 nitrogen and oxygen atoms in total. The van der Waals surface area contributed by atoms with Crippen LogP contribution in [0.4, 0.5) is 16.2 Å². The van der Waals surface area contributed by atoms with Crippen molar-refractivity contribution < 1.29 is 4.39 Å². The van der Waals surface area contributed by atoms with Gasteiger partial charge in [0.2, 0.25) is 5.95 Å². The molecule has 1 atom stereocenters. The molecule has 0 fully saturated rings. The van der Waals surface area contributed by atoms with Crippen molar-refractivity contribution >= 4 is 34.4 Å². The molecule has 160 valence electrons. The fourth-order valence-electron chi connectivity index (χ4n) is 3.26. The number of nitrogens with one attached hydrogen (secondary N) is 2. The molecule has 0 aliphatic heterocycles. The van der Waals surface area contributed by atoms with Crippen molar-refractivity contribution in [1.29, 1.82) is 0 Å². The minimum absolute atomic E-state index is 0.275. The van der Waals surface area contributed by atoms with Crippen molar-refractivity contribution in [1.82, 2.24) is 19.7 Å². The summed E-state index contributed by atoms with van der Waals surface area (Å²) >= 11 is 6.24. The summed E-state index contributed by atoms with van der Waals surface area (Å²) in [6.45, 7) is 2.78. The maximum atomic E-state index is 14.0. The zero-order valence-corrected chi connectivity index (χ0v) is 18.0. The molecule has 0 saturated heterocycles. The van der Waals surface area contributed by atoms with Gasteiger partial charge in [0.05, 0.1) is 17.6 Å². The molecule has 9 heteroatoms. The van der Waals surface area contributed by atoms with Gasteiger partial charge >= 0.3 is 0 Å². The van der Waals surface area contributed by atoms with Crippen LogP contribution in [0.3, 0.4) is 0 Å². The van der Waals surface area contributed by atoms with E-state index in [9.17, 15) is 4.39 Å². The van der Waals surface area contributed by atoms with Crippen molar-refractivity contribution in [3.8, 4) is 0 Å². The number of hydrogen-bond donors (Lipinski definition) is 3. The number of hydrogen-bond acceptors (Lipinski definition) is 6. The van der Waals surface area contributed by atoms with E-state index in [4.69, 9.17) is 17.3 Å². The van der Waals surface area contributed by atoms with E-state index in [-0.39, 0.29) is 12.4 Å². The lowest BCUT2D eigenvalue weighted by Crippen LogP contribution is -2.22. The lowest BCUT2D eigenvalue weighted by atomic mass is 10.1. The molecular formula is C22H23ClFN7. The van der Waals surface area contributed by atoms with E-state index in [0.717, 1.165) is 21.5 Å². The van der Waals surface area contributed by atoms with Gasteiger partial charge in [-0.3, -0.25) is 4.68 Å². The molecule has 1 unspecified atom stereocenters. The molecule has 2 heterocycles. The summed E-state index contributed by atoms with van der Waals surface area (Å²) in [4.78, 5) is 9.12. The van der Waals surface area contributed by atoms with E-state index >= 15 is 0 Å². The Balaban J connectivity index is 1.55. The number of nitrogens with two attached hydrogens (primary N) is 1. The predicted octanol–water partition coefficient (Wildman–Crippen LogP) is 4.19. The van der Waals surface area contributed by atoms with Crippen molar-refractivity contribution in [3.63, 3.8) is 0 Å². The van der Waals surface area contributed by atoms with Gasteiger partial charge < -0.3 is 16.4 Å². The second-order valence-electron chi connectivity index (χ2n) is 7.35. The molecule has 2 aromatic heterocycles. The first kappa shape index (κ1) is 21.0. The van der Waals surface area contributed by atoms with E-state index in [2.05, 4.69) is 25.7 Å². The number of fused-ring (bicyclic) bond motifs is 1. The molecular weight excluding hydrogens is 417 g/mol. The van der Waals surface area contributed by atoms with Crippen LogP contribution in [0.5, 0.6) is 0 Å². The van der Waals surface area contributed by atoms with Crippen LogP contribution in [0.25, 0.3) is 11.0 Å². The van der Waals surface area contributed by atoms with Gasteiger partial charge in [0.15, 0.2) is 5.65 Å². The number of rotatable bonds is 7. The van der Waals surface area contributed by atoms with E-state index in [1.807, 2.05) is 32.2 Å². The lowest BCUT2D eigenvalue weighted by Gasteiger charge is -2.15. The average molecular weight is 440 g/mol. The molecule has 0 aliphatic carbocycles. The van der Waals surface area contributed by atoms with Gasteiger partial charge in [-0.15, -0.1) is 0 Å². The smallest absolute Gasteiger partial charge is 0.226 e. The molecule has 31 heavy (non-hydrogen) atoms. The Hall–Kier alpha value is -3.23. The minimum atomic E-state index is -0.543. The second kappa shape index (κ2) is 8.87. The molecule has 0 bridgehead atoms. The van der Waals surface area contributed by atoms with Crippen molar-refractivity contribution in [2.75, 3.05) is 17.2 Å². The van der Waals surface area contributed by atoms with Crippen LogP contribution in [-0.2, 0) is 13.6 Å².